The molecule has 13 heavy (non-hydrogen) atoms. The molecule has 2 fully saturated rings. The molecule has 1 saturated carbocycles. The number of hydrogen-bond acceptors (Lipinski definition) is 2. The first-order valence-electron chi connectivity index (χ1n) is 5.26. The lowest BCUT2D eigenvalue weighted by molar-refractivity contribution is 0.156. The highest BCUT2D eigenvalue weighted by atomic mass is 19.1. The van der Waals surface area contributed by atoms with Crippen LogP contribution in [0.5, 0.6) is 0 Å². The minimum Gasteiger partial charge on any atom is -0.325 e. The first-order valence-corrected chi connectivity index (χ1v) is 5.26. The van der Waals surface area contributed by atoms with Gasteiger partial charge in [0.2, 0.25) is 0 Å². The largest absolute Gasteiger partial charge is 0.325 e. The number of piperidine rings is 1. The molecule has 3 N–H and O–H groups in total. The Morgan fingerprint density at radius 1 is 1.38 bits per heavy atom. The number of alkyl halides is 1. The van der Waals surface area contributed by atoms with E-state index < -0.39 is 6.17 Å². The van der Waals surface area contributed by atoms with Crippen LogP contribution in [0.4, 0.5) is 4.39 Å². The topological polar surface area (TPSA) is 38.0 Å². The summed E-state index contributed by atoms with van der Waals surface area (Å²) < 4.78 is 13.6. The standard InChI is InChI=1S/C10H19FN2/c1-7-6-10(9(12)8(7)11)2-4-13-5-3-10/h7-9,13H,2-6,12H2,1H3/t7-,8+,9-/m1/s1. The van der Waals surface area contributed by atoms with Gasteiger partial charge in [-0.15, -0.1) is 0 Å². The van der Waals surface area contributed by atoms with Crippen LogP contribution in [0, 0.1) is 11.3 Å². The molecule has 2 aliphatic rings. The molecule has 0 bridgehead atoms. The maximum atomic E-state index is 13.6. The summed E-state index contributed by atoms with van der Waals surface area (Å²) in [4.78, 5) is 0. The van der Waals surface area contributed by atoms with E-state index >= 15 is 0 Å². The van der Waals surface area contributed by atoms with Crippen LogP contribution in [0.25, 0.3) is 0 Å². The molecule has 2 nitrogen and oxygen atoms in total. The molecule has 1 saturated heterocycles. The summed E-state index contributed by atoms with van der Waals surface area (Å²) in [6.45, 7) is 4.00. The van der Waals surface area contributed by atoms with Crippen LogP contribution in [0.3, 0.4) is 0 Å². The van der Waals surface area contributed by atoms with Crippen LogP contribution >= 0.6 is 0 Å². The molecule has 1 aliphatic heterocycles. The lowest BCUT2D eigenvalue weighted by atomic mass is 9.74. The highest BCUT2D eigenvalue weighted by Gasteiger charge is 2.50. The first-order chi connectivity index (χ1) is 6.16. The molecule has 2 rings (SSSR count). The molecule has 0 amide bonds. The average Bonchev–Trinajstić information content (AvgIpc) is 2.33. The highest BCUT2D eigenvalue weighted by molar-refractivity contribution is 5.04. The van der Waals surface area contributed by atoms with Crippen molar-refractivity contribution in [3.8, 4) is 0 Å². The van der Waals surface area contributed by atoms with Gasteiger partial charge >= 0.3 is 0 Å². The Bertz CT molecular complexity index is 189. The van der Waals surface area contributed by atoms with Crippen LogP contribution in [0.15, 0.2) is 0 Å². The summed E-state index contributed by atoms with van der Waals surface area (Å²) >= 11 is 0. The third-order valence-electron chi connectivity index (χ3n) is 3.92. The molecule has 1 heterocycles. The summed E-state index contributed by atoms with van der Waals surface area (Å²) in [6.07, 6.45) is 2.31. The Morgan fingerprint density at radius 3 is 2.46 bits per heavy atom. The summed E-state index contributed by atoms with van der Waals surface area (Å²) in [7, 11) is 0. The average molecular weight is 186 g/mol. The lowest BCUT2D eigenvalue weighted by Crippen LogP contribution is -2.48. The smallest absolute Gasteiger partial charge is 0.118 e. The molecule has 3 atom stereocenters. The third kappa shape index (κ3) is 1.38. The Labute approximate surface area is 79.1 Å². The number of nitrogens with two attached hydrogens (primary N) is 1. The Morgan fingerprint density at radius 2 is 2.00 bits per heavy atom. The Kier molecular flexibility index (Phi) is 2.32. The van der Waals surface area contributed by atoms with Gasteiger partial charge < -0.3 is 11.1 Å². The van der Waals surface area contributed by atoms with E-state index in [1.54, 1.807) is 0 Å². The predicted octanol–water partition coefficient (Wildman–Crippen LogP) is 1.06. The van der Waals surface area contributed by atoms with Crippen LogP contribution < -0.4 is 11.1 Å². The minimum atomic E-state index is -0.780. The molecule has 0 aromatic rings. The van der Waals surface area contributed by atoms with E-state index in [0.29, 0.717) is 0 Å². The first kappa shape index (κ1) is 9.41. The molecule has 1 aliphatic carbocycles. The normalized spacial score (nSPS) is 44.1. The molecular weight excluding hydrogens is 167 g/mol. The zero-order valence-corrected chi connectivity index (χ0v) is 8.22. The Hall–Kier alpha value is -0.150. The lowest BCUT2D eigenvalue weighted by Gasteiger charge is -2.37. The van der Waals surface area contributed by atoms with Gasteiger partial charge in [-0.25, -0.2) is 4.39 Å². The predicted molar refractivity (Wildman–Crippen MR) is 51.2 cm³/mol. The van der Waals surface area contributed by atoms with Gasteiger partial charge in [-0.2, -0.15) is 0 Å². The summed E-state index contributed by atoms with van der Waals surface area (Å²) in [6, 6.07) is -0.218. The van der Waals surface area contributed by atoms with Gasteiger partial charge in [0.05, 0.1) is 0 Å². The maximum Gasteiger partial charge on any atom is 0.118 e. The van der Waals surface area contributed by atoms with Crippen molar-refractivity contribution in [2.45, 2.75) is 38.4 Å². The number of halogens is 1. The second-order valence-electron chi connectivity index (χ2n) is 4.76. The van der Waals surface area contributed by atoms with Gasteiger partial charge in [0.15, 0.2) is 0 Å². The molecule has 76 valence electrons. The summed E-state index contributed by atoms with van der Waals surface area (Å²) in [5, 5.41) is 3.31. The van der Waals surface area contributed by atoms with E-state index in [9.17, 15) is 4.39 Å². The minimum absolute atomic E-state index is 0.115. The molecule has 0 unspecified atom stereocenters. The van der Waals surface area contributed by atoms with Crippen molar-refractivity contribution in [2.75, 3.05) is 13.1 Å². The van der Waals surface area contributed by atoms with E-state index in [1.165, 1.54) is 0 Å². The quantitative estimate of drug-likeness (QED) is 0.593. The fraction of sp³-hybridized carbons (Fsp3) is 1.00. The number of rotatable bonds is 0. The maximum absolute atomic E-state index is 13.6. The van der Waals surface area contributed by atoms with Gasteiger partial charge in [-0.3, -0.25) is 0 Å². The van der Waals surface area contributed by atoms with Gasteiger partial charge in [-0.05, 0) is 43.7 Å². The molecule has 0 aromatic heterocycles. The van der Waals surface area contributed by atoms with Crippen molar-refractivity contribution >= 4 is 0 Å². The fourth-order valence-corrected chi connectivity index (χ4v) is 3.04. The SMILES string of the molecule is C[C@@H]1CC2(CCNCC2)[C@H](N)[C@H]1F. The molecular formula is C10H19FN2. The molecule has 3 heteroatoms. The fourth-order valence-electron chi connectivity index (χ4n) is 3.04. The molecule has 0 aromatic carbocycles. The second-order valence-corrected chi connectivity index (χ2v) is 4.76. The van der Waals surface area contributed by atoms with Crippen molar-refractivity contribution in [1.29, 1.82) is 0 Å². The molecule has 0 radical (unpaired) electrons. The van der Waals surface area contributed by atoms with Crippen LogP contribution in [0.1, 0.15) is 26.2 Å². The zero-order chi connectivity index (χ0) is 9.47. The van der Waals surface area contributed by atoms with Crippen LogP contribution in [0.2, 0.25) is 0 Å². The second kappa shape index (κ2) is 3.21. The van der Waals surface area contributed by atoms with Crippen molar-refractivity contribution in [3.05, 3.63) is 0 Å². The zero-order valence-electron chi connectivity index (χ0n) is 8.22. The van der Waals surface area contributed by atoms with E-state index in [1.807, 2.05) is 6.92 Å². The van der Waals surface area contributed by atoms with Crippen molar-refractivity contribution in [1.82, 2.24) is 5.32 Å². The summed E-state index contributed by atoms with van der Waals surface area (Å²) in [5.74, 6) is 0.160. The molecule has 1 spiro atoms. The monoisotopic (exact) mass is 186 g/mol. The van der Waals surface area contributed by atoms with Crippen molar-refractivity contribution in [2.24, 2.45) is 17.1 Å². The van der Waals surface area contributed by atoms with E-state index in [0.717, 1.165) is 32.4 Å². The van der Waals surface area contributed by atoms with Gasteiger partial charge in [0.25, 0.3) is 0 Å². The van der Waals surface area contributed by atoms with E-state index in [-0.39, 0.29) is 17.4 Å². The van der Waals surface area contributed by atoms with Crippen LogP contribution in [-0.4, -0.2) is 25.3 Å². The number of hydrogen-bond donors (Lipinski definition) is 2. The van der Waals surface area contributed by atoms with Crippen LogP contribution in [-0.2, 0) is 0 Å². The third-order valence-corrected chi connectivity index (χ3v) is 3.92. The van der Waals surface area contributed by atoms with Crippen molar-refractivity contribution in [3.63, 3.8) is 0 Å². The Balaban J connectivity index is 2.13. The number of nitrogens with one attached hydrogen (secondary N) is 1. The van der Waals surface area contributed by atoms with E-state index in [4.69, 9.17) is 5.73 Å². The highest BCUT2D eigenvalue weighted by Crippen LogP contribution is 2.47. The van der Waals surface area contributed by atoms with Crippen molar-refractivity contribution < 1.29 is 4.39 Å². The van der Waals surface area contributed by atoms with Gasteiger partial charge in [0.1, 0.15) is 6.17 Å². The van der Waals surface area contributed by atoms with Gasteiger partial charge in [0, 0.05) is 6.04 Å². The summed E-state index contributed by atoms with van der Waals surface area (Å²) in [5.41, 5.74) is 6.09. The van der Waals surface area contributed by atoms with Gasteiger partial charge in [-0.1, -0.05) is 6.92 Å². The van der Waals surface area contributed by atoms with E-state index in [2.05, 4.69) is 5.32 Å².